The third-order valence-corrected chi connectivity index (χ3v) is 4.63. The van der Waals surface area contributed by atoms with Crippen LogP contribution in [0.4, 0.5) is 0 Å². The second kappa shape index (κ2) is 8.54. The highest BCUT2D eigenvalue weighted by Crippen LogP contribution is 2.17. The third-order valence-electron chi connectivity index (χ3n) is 4.63. The summed E-state index contributed by atoms with van der Waals surface area (Å²) in [5.41, 5.74) is 6.57. The molecule has 0 aliphatic heterocycles. The van der Waals surface area contributed by atoms with Gasteiger partial charge in [0.15, 0.2) is 0 Å². The van der Waals surface area contributed by atoms with Crippen molar-refractivity contribution < 1.29 is 9.53 Å². The van der Waals surface area contributed by atoms with Crippen LogP contribution in [-0.4, -0.2) is 5.91 Å². The Labute approximate surface area is 161 Å². The number of ether oxygens (including phenoxy) is 1. The first-order valence-corrected chi connectivity index (χ1v) is 9.14. The van der Waals surface area contributed by atoms with Gasteiger partial charge < -0.3 is 10.1 Å². The molecule has 0 heterocycles. The molecule has 3 nitrogen and oxygen atoms in total. The van der Waals surface area contributed by atoms with Crippen molar-refractivity contribution in [3.63, 3.8) is 0 Å². The lowest BCUT2D eigenvalue weighted by Crippen LogP contribution is -2.23. The minimum Gasteiger partial charge on any atom is -0.489 e. The molecule has 1 N–H and O–H groups in total. The normalized spacial score (nSPS) is 10.5. The van der Waals surface area contributed by atoms with E-state index in [-0.39, 0.29) is 5.91 Å². The zero-order chi connectivity index (χ0) is 19.2. The van der Waals surface area contributed by atoms with Gasteiger partial charge in [0.2, 0.25) is 0 Å². The molecule has 0 spiro atoms. The molecule has 3 rings (SSSR count). The number of aryl methyl sites for hydroxylation is 3. The lowest BCUT2D eigenvalue weighted by Gasteiger charge is -2.13. The van der Waals surface area contributed by atoms with Gasteiger partial charge in [0, 0.05) is 12.1 Å². The fourth-order valence-corrected chi connectivity index (χ4v) is 3.20. The van der Waals surface area contributed by atoms with Gasteiger partial charge in [-0.2, -0.15) is 0 Å². The van der Waals surface area contributed by atoms with Gasteiger partial charge in [-0.15, -0.1) is 0 Å². The van der Waals surface area contributed by atoms with E-state index in [0.29, 0.717) is 18.7 Å². The monoisotopic (exact) mass is 359 g/mol. The number of hydrogen-bond donors (Lipinski definition) is 1. The predicted molar refractivity (Wildman–Crippen MR) is 109 cm³/mol. The van der Waals surface area contributed by atoms with Crippen molar-refractivity contribution in [3.8, 4) is 5.75 Å². The Morgan fingerprint density at radius 2 is 1.52 bits per heavy atom. The summed E-state index contributed by atoms with van der Waals surface area (Å²) < 4.78 is 5.77. The Morgan fingerprint density at radius 3 is 2.15 bits per heavy atom. The van der Waals surface area contributed by atoms with E-state index in [1.807, 2.05) is 42.5 Å². The van der Waals surface area contributed by atoms with Crippen molar-refractivity contribution >= 4 is 5.91 Å². The SMILES string of the molecule is Cc1cc(C)c(CNC(=O)c2ccc(OCc3ccccc3)cc2)c(C)c1. The standard InChI is InChI=1S/C24H25NO2/c1-17-13-18(2)23(19(3)14-17)15-25-24(26)21-9-11-22(12-10-21)27-16-20-7-5-4-6-8-20/h4-14H,15-16H2,1-3H3,(H,25,26). The van der Waals surface area contributed by atoms with E-state index in [1.165, 1.54) is 22.3 Å². The summed E-state index contributed by atoms with van der Waals surface area (Å²) in [4.78, 5) is 12.4. The maximum absolute atomic E-state index is 12.4. The number of rotatable bonds is 6. The molecule has 0 aromatic heterocycles. The van der Waals surface area contributed by atoms with Crippen LogP contribution in [0.3, 0.4) is 0 Å². The number of hydrogen-bond acceptors (Lipinski definition) is 2. The molecule has 0 fully saturated rings. The van der Waals surface area contributed by atoms with E-state index < -0.39 is 0 Å². The van der Waals surface area contributed by atoms with Crippen LogP contribution < -0.4 is 10.1 Å². The Bertz CT molecular complexity index is 892. The van der Waals surface area contributed by atoms with Gasteiger partial charge >= 0.3 is 0 Å². The first-order chi connectivity index (χ1) is 13.0. The molecule has 1 amide bonds. The lowest BCUT2D eigenvalue weighted by atomic mass is 10.00. The highest BCUT2D eigenvalue weighted by Gasteiger charge is 2.09. The van der Waals surface area contributed by atoms with Crippen LogP contribution in [0.2, 0.25) is 0 Å². The van der Waals surface area contributed by atoms with Crippen molar-refractivity contribution in [2.24, 2.45) is 0 Å². The summed E-state index contributed by atoms with van der Waals surface area (Å²) in [6.45, 7) is 7.30. The molecule has 0 radical (unpaired) electrons. The van der Waals surface area contributed by atoms with Crippen LogP contribution in [0.5, 0.6) is 5.75 Å². The lowest BCUT2D eigenvalue weighted by molar-refractivity contribution is 0.0951. The first-order valence-electron chi connectivity index (χ1n) is 9.14. The van der Waals surface area contributed by atoms with Gasteiger partial charge in [0.25, 0.3) is 5.91 Å². The molecule has 0 aliphatic carbocycles. The highest BCUT2D eigenvalue weighted by atomic mass is 16.5. The number of carbonyl (C=O) groups is 1. The van der Waals surface area contributed by atoms with Crippen molar-refractivity contribution in [1.29, 1.82) is 0 Å². The molecular formula is C24H25NO2. The third kappa shape index (κ3) is 4.98. The second-order valence-corrected chi connectivity index (χ2v) is 6.86. The molecule has 27 heavy (non-hydrogen) atoms. The number of nitrogens with one attached hydrogen (secondary N) is 1. The quantitative estimate of drug-likeness (QED) is 0.663. The topological polar surface area (TPSA) is 38.3 Å². The van der Waals surface area contributed by atoms with Gasteiger partial charge in [-0.25, -0.2) is 0 Å². The molecule has 3 heteroatoms. The Kier molecular flexibility index (Phi) is 5.92. The molecule has 0 saturated carbocycles. The minimum absolute atomic E-state index is 0.0796. The van der Waals surface area contributed by atoms with Crippen LogP contribution >= 0.6 is 0 Å². The van der Waals surface area contributed by atoms with E-state index in [0.717, 1.165) is 11.3 Å². The van der Waals surface area contributed by atoms with E-state index in [9.17, 15) is 4.79 Å². The zero-order valence-electron chi connectivity index (χ0n) is 16.1. The van der Waals surface area contributed by atoms with Gasteiger partial charge in [0.05, 0.1) is 0 Å². The van der Waals surface area contributed by atoms with Gasteiger partial charge in [-0.3, -0.25) is 4.79 Å². The Morgan fingerprint density at radius 1 is 0.889 bits per heavy atom. The van der Waals surface area contributed by atoms with Crippen LogP contribution in [0.25, 0.3) is 0 Å². The molecule has 0 unspecified atom stereocenters. The van der Waals surface area contributed by atoms with Gasteiger partial charge in [-0.05, 0) is 67.3 Å². The van der Waals surface area contributed by atoms with Gasteiger partial charge in [0.1, 0.15) is 12.4 Å². The maximum Gasteiger partial charge on any atom is 0.251 e. The van der Waals surface area contributed by atoms with E-state index in [1.54, 1.807) is 12.1 Å². The van der Waals surface area contributed by atoms with Crippen molar-refractivity contribution in [2.75, 3.05) is 0 Å². The summed E-state index contributed by atoms with van der Waals surface area (Å²) in [7, 11) is 0. The number of benzene rings is 3. The molecule has 138 valence electrons. The maximum atomic E-state index is 12.4. The second-order valence-electron chi connectivity index (χ2n) is 6.86. The van der Waals surface area contributed by atoms with Crippen molar-refractivity contribution in [2.45, 2.75) is 33.9 Å². The summed E-state index contributed by atoms with van der Waals surface area (Å²) in [6, 6.07) is 21.6. The zero-order valence-corrected chi connectivity index (χ0v) is 16.1. The molecule has 3 aromatic carbocycles. The fourth-order valence-electron chi connectivity index (χ4n) is 3.20. The number of amides is 1. The minimum atomic E-state index is -0.0796. The average Bonchev–Trinajstić information content (AvgIpc) is 2.66. The van der Waals surface area contributed by atoms with Crippen LogP contribution in [0.1, 0.15) is 38.2 Å². The predicted octanol–water partition coefficient (Wildman–Crippen LogP) is 5.12. The van der Waals surface area contributed by atoms with Crippen LogP contribution in [0.15, 0.2) is 66.7 Å². The Balaban J connectivity index is 1.58. The van der Waals surface area contributed by atoms with E-state index >= 15 is 0 Å². The first kappa shape index (κ1) is 18.7. The van der Waals surface area contributed by atoms with E-state index in [4.69, 9.17) is 4.74 Å². The summed E-state index contributed by atoms with van der Waals surface area (Å²) in [5, 5.41) is 3.01. The molecule has 0 aliphatic rings. The summed E-state index contributed by atoms with van der Waals surface area (Å²) >= 11 is 0. The van der Waals surface area contributed by atoms with Gasteiger partial charge in [-0.1, -0.05) is 48.0 Å². The van der Waals surface area contributed by atoms with Crippen LogP contribution in [-0.2, 0) is 13.2 Å². The Hall–Kier alpha value is -3.07. The molecule has 0 saturated heterocycles. The largest absolute Gasteiger partial charge is 0.489 e. The average molecular weight is 359 g/mol. The summed E-state index contributed by atoms with van der Waals surface area (Å²) in [5.74, 6) is 0.671. The molecule has 0 bridgehead atoms. The molecule has 3 aromatic rings. The van der Waals surface area contributed by atoms with Crippen molar-refractivity contribution in [1.82, 2.24) is 5.32 Å². The fraction of sp³-hybridized carbons (Fsp3) is 0.208. The summed E-state index contributed by atoms with van der Waals surface area (Å²) in [6.07, 6.45) is 0. The highest BCUT2D eigenvalue weighted by molar-refractivity contribution is 5.94. The van der Waals surface area contributed by atoms with Crippen LogP contribution in [0, 0.1) is 20.8 Å². The molecular weight excluding hydrogens is 334 g/mol. The smallest absolute Gasteiger partial charge is 0.251 e. The number of carbonyl (C=O) groups excluding carboxylic acids is 1. The van der Waals surface area contributed by atoms with Crippen molar-refractivity contribution in [3.05, 3.63) is 100 Å². The molecule has 0 atom stereocenters. The van der Waals surface area contributed by atoms with E-state index in [2.05, 4.69) is 38.2 Å².